The van der Waals surface area contributed by atoms with Gasteiger partial charge in [-0.25, -0.2) is 14.6 Å². The van der Waals surface area contributed by atoms with Crippen LogP contribution in [-0.4, -0.2) is 43.4 Å². The van der Waals surface area contributed by atoms with E-state index in [2.05, 4.69) is 15.0 Å². The predicted molar refractivity (Wildman–Crippen MR) is 113 cm³/mol. The Labute approximate surface area is 175 Å². The summed E-state index contributed by atoms with van der Waals surface area (Å²) in [6, 6.07) is 6.41. The number of amides is 1. The van der Waals surface area contributed by atoms with Crippen LogP contribution in [0.3, 0.4) is 0 Å². The summed E-state index contributed by atoms with van der Waals surface area (Å²) in [6.07, 6.45) is 0. The number of fused-ring (bicyclic) bond motifs is 1. The Morgan fingerprint density at radius 3 is 2.60 bits per heavy atom. The molecule has 1 N–H and O–H groups in total. The lowest BCUT2D eigenvalue weighted by molar-refractivity contribution is -0.113. The number of esters is 1. The van der Waals surface area contributed by atoms with Crippen LogP contribution in [0.15, 0.2) is 39.0 Å². The highest BCUT2D eigenvalue weighted by molar-refractivity contribution is 7.99. The van der Waals surface area contributed by atoms with Gasteiger partial charge in [-0.15, -0.1) is 0 Å². The number of carbonyl (C=O) groups is 2. The van der Waals surface area contributed by atoms with E-state index in [9.17, 15) is 19.2 Å². The number of nitrogens with zero attached hydrogens (tertiary/aromatic N) is 4. The fourth-order valence-electron chi connectivity index (χ4n) is 3.00. The quantitative estimate of drug-likeness (QED) is 0.456. The van der Waals surface area contributed by atoms with Crippen LogP contribution in [0.2, 0.25) is 0 Å². The lowest BCUT2D eigenvalue weighted by Gasteiger charge is -2.08. The zero-order valence-corrected chi connectivity index (χ0v) is 17.8. The van der Waals surface area contributed by atoms with Crippen molar-refractivity contribution >= 4 is 40.5 Å². The molecule has 10 nitrogen and oxygen atoms in total. The number of hydrogen-bond donors (Lipinski definition) is 1. The van der Waals surface area contributed by atoms with Crippen LogP contribution in [0.25, 0.3) is 11.2 Å². The molecule has 0 aliphatic rings. The van der Waals surface area contributed by atoms with Gasteiger partial charge in [-0.1, -0.05) is 17.8 Å². The van der Waals surface area contributed by atoms with Crippen molar-refractivity contribution in [2.75, 3.05) is 18.2 Å². The normalized spacial score (nSPS) is 10.9. The van der Waals surface area contributed by atoms with Gasteiger partial charge in [0.05, 0.1) is 18.4 Å². The molecule has 0 fully saturated rings. The van der Waals surface area contributed by atoms with Gasteiger partial charge in [0, 0.05) is 26.3 Å². The number of thioether (sulfide) groups is 1. The zero-order chi connectivity index (χ0) is 22.0. The molecule has 3 rings (SSSR count). The number of anilines is 1. The van der Waals surface area contributed by atoms with E-state index < -0.39 is 17.2 Å². The van der Waals surface area contributed by atoms with Crippen molar-refractivity contribution in [2.24, 2.45) is 14.1 Å². The first-order valence-electron chi connectivity index (χ1n) is 9.05. The number of methoxy groups -OCH3 is 1. The molecule has 0 spiro atoms. The zero-order valence-electron chi connectivity index (χ0n) is 17.0. The molecule has 11 heteroatoms. The molecule has 2 aromatic heterocycles. The predicted octanol–water partition coefficient (Wildman–Crippen LogP) is 0.971. The standard InChI is InChI=1S/C19H21N5O5S/c1-5-24-14-15(22(2)19(28)23(3)16(14)26)21-18(24)30-10-13(25)20-12-8-6-7-11(9-12)17(27)29-4/h6-9H,5,10H2,1-4H3,(H,20,25). The van der Waals surface area contributed by atoms with E-state index >= 15 is 0 Å². The Bertz CT molecular complexity index is 1260. The Kier molecular flexibility index (Phi) is 6.11. The van der Waals surface area contributed by atoms with Gasteiger partial charge in [-0.05, 0) is 25.1 Å². The van der Waals surface area contributed by atoms with E-state index in [1.54, 1.807) is 29.8 Å². The number of benzene rings is 1. The van der Waals surface area contributed by atoms with Gasteiger partial charge in [-0.2, -0.15) is 0 Å². The second-order valence-electron chi connectivity index (χ2n) is 6.43. The smallest absolute Gasteiger partial charge is 0.337 e. The molecule has 0 radical (unpaired) electrons. The van der Waals surface area contributed by atoms with Gasteiger partial charge < -0.3 is 14.6 Å². The highest BCUT2D eigenvalue weighted by Crippen LogP contribution is 2.22. The van der Waals surface area contributed by atoms with E-state index in [4.69, 9.17) is 0 Å². The number of ether oxygens (including phenoxy) is 1. The molecule has 0 aliphatic carbocycles. The van der Waals surface area contributed by atoms with E-state index in [1.165, 1.54) is 24.8 Å². The summed E-state index contributed by atoms with van der Waals surface area (Å²) in [4.78, 5) is 53.1. The topological polar surface area (TPSA) is 117 Å². The van der Waals surface area contributed by atoms with Crippen LogP contribution in [0, 0.1) is 0 Å². The van der Waals surface area contributed by atoms with Crippen molar-refractivity contribution in [2.45, 2.75) is 18.6 Å². The third kappa shape index (κ3) is 3.88. The third-order valence-electron chi connectivity index (χ3n) is 4.53. The van der Waals surface area contributed by atoms with Crippen molar-refractivity contribution in [1.82, 2.24) is 18.7 Å². The molecule has 0 aliphatic heterocycles. The van der Waals surface area contributed by atoms with Crippen molar-refractivity contribution in [1.29, 1.82) is 0 Å². The Hall–Kier alpha value is -3.34. The first kappa shape index (κ1) is 21.4. The number of nitrogens with one attached hydrogen (secondary N) is 1. The number of carbonyl (C=O) groups excluding carboxylic acids is 2. The molecular formula is C19H21N5O5S. The molecule has 0 saturated heterocycles. The summed E-state index contributed by atoms with van der Waals surface area (Å²) in [5.41, 5.74) is 0.483. The van der Waals surface area contributed by atoms with Crippen molar-refractivity contribution in [3.63, 3.8) is 0 Å². The molecule has 0 unspecified atom stereocenters. The summed E-state index contributed by atoms with van der Waals surface area (Å²) < 4.78 is 8.71. The molecule has 0 bridgehead atoms. The summed E-state index contributed by atoms with van der Waals surface area (Å²) >= 11 is 1.15. The van der Waals surface area contributed by atoms with E-state index in [-0.39, 0.29) is 17.3 Å². The molecule has 30 heavy (non-hydrogen) atoms. The molecule has 0 saturated carbocycles. The van der Waals surface area contributed by atoms with Gasteiger partial charge in [0.2, 0.25) is 5.91 Å². The molecule has 0 atom stereocenters. The van der Waals surface area contributed by atoms with Crippen LogP contribution in [-0.2, 0) is 30.2 Å². The van der Waals surface area contributed by atoms with E-state index in [0.29, 0.717) is 28.5 Å². The molecule has 3 aromatic rings. The second kappa shape index (κ2) is 8.57. The highest BCUT2D eigenvalue weighted by atomic mass is 32.2. The number of aromatic nitrogens is 4. The minimum absolute atomic E-state index is 0.0278. The van der Waals surface area contributed by atoms with Gasteiger partial charge in [-0.3, -0.25) is 18.7 Å². The summed E-state index contributed by atoms with van der Waals surface area (Å²) in [7, 11) is 4.25. The molecule has 1 amide bonds. The average molecular weight is 431 g/mol. The third-order valence-corrected chi connectivity index (χ3v) is 5.51. The summed E-state index contributed by atoms with van der Waals surface area (Å²) in [5, 5.41) is 3.18. The van der Waals surface area contributed by atoms with Crippen LogP contribution in [0.5, 0.6) is 0 Å². The van der Waals surface area contributed by atoms with Gasteiger partial charge in [0.1, 0.15) is 0 Å². The number of rotatable bonds is 6. The SMILES string of the molecule is CCn1c(SCC(=O)Nc2cccc(C(=O)OC)c2)nc2c1c(=O)n(C)c(=O)n2C. The lowest BCUT2D eigenvalue weighted by Crippen LogP contribution is -2.37. The van der Waals surface area contributed by atoms with E-state index in [1.807, 2.05) is 6.92 Å². The van der Waals surface area contributed by atoms with Crippen LogP contribution in [0.1, 0.15) is 17.3 Å². The first-order chi connectivity index (χ1) is 14.3. The molecule has 158 valence electrons. The average Bonchev–Trinajstić information content (AvgIpc) is 3.13. The monoisotopic (exact) mass is 431 g/mol. The maximum absolute atomic E-state index is 12.5. The van der Waals surface area contributed by atoms with Gasteiger partial charge >= 0.3 is 11.7 Å². The minimum atomic E-state index is -0.496. The number of imidazole rings is 1. The summed E-state index contributed by atoms with van der Waals surface area (Å²) in [6.45, 7) is 2.31. The van der Waals surface area contributed by atoms with Gasteiger partial charge in [0.15, 0.2) is 16.3 Å². The first-order valence-corrected chi connectivity index (χ1v) is 10.0. The fourth-order valence-corrected chi connectivity index (χ4v) is 3.86. The van der Waals surface area contributed by atoms with Crippen LogP contribution in [0.4, 0.5) is 5.69 Å². The molecule has 1 aromatic carbocycles. The Morgan fingerprint density at radius 2 is 1.93 bits per heavy atom. The molecular weight excluding hydrogens is 410 g/mol. The summed E-state index contributed by atoms with van der Waals surface area (Å²) in [5.74, 6) is -0.775. The maximum atomic E-state index is 12.5. The highest BCUT2D eigenvalue weighted by Gasteiger charge is 2.19. The van der Waals surface area contributed by atoms with Crippen molar-refractivity contribution < 1.29 is 14.3 Å². The Balaban J connectivity index is 1.82. The van der Waals surface area contributed by atoms with E-state index in [0.717, 1.165) is 16.3 Å². The van der Waals surface area contributed by atoms with Crippen LogP contribution >= 0.6 is 11.8 Å². The number of aryl methyl sites for hydroxylation is 2. The molecule has 2 heterocycles. The largest absolute Gasteiger partial charge is 0.465 e. The number of hydrogen-bond acceptors (Lipinski definition) is 7. The second-order valence-corrected chi connectivity index (χ2v) is 7.37. The maximum Gasteiger partial charge on any atom is 0.337 e. The van der Waals surface area contributed by atoms with Crippen molar-refractivity contribution in [3.05, 3.63) is 50.7 Å². The lowest BCUT2D eigenvalue weighted by atomic mass is 10.2. The Morgan fingerprint density at radius 1 is 1.20 bits per heavy atom. The minimum Gasteiger partial charge on any atom is -0.465 e. The fraction of sp³-hybridized carbons (Fsp3) is 0.316. The van der Waals surface area contributed by atoms with Crippen LogP contribution < -0.4 is 16.6 Å². The van der Waals surface area contributed by atoms with Crippen molar-refractivity contribution in [3.8, 4) is 0 Å². The van der Waals surface area contributed by atoms with Gasteiger partial charge in [0.25, 0.3) is 5.56 Å².